The van der Waals surface area contributed by atoms with Crippen molar-refractivity contribution < 1.29 is 14.3 Å². The number of para-hydroxylation sites is 1. The highest BCUT2D eigenvalue weighted by molar-refractivity contribution is 9.10. The summed E-state index contributed by atoms with van der Waals surface area (Å²) in [5.41, 5.74) is 2.38. The lowest BCUT2D eigenvalue weighted by molar-refractivity contribution is 0.0985. The van der Waals surface area contributed by atoms with Crippen LogP contribution in [0.1, 0.15) is 34.6 Å². The number of ether oxygens (including phenoxy) is 1. The van der Waals surface area contributed by atoms with Gasteiger partial charge in [-0.2, -0.15) is 0 Å². The lowest BCUT2D eigenvalue weighted by atomic mass is 10.1. The molecule has 2 amide bonds. The molecule has 30 heavy (non-hydrogen) atoms. The van der Waals surface area contributed by atoms with Crippen LogP contribution in [0.5, 0.6) is 5.75 Å². The molecule has 0 aliphatic rings. The molecule has 0 aliphatic carbocycles. The van der Waals surface area contributed by atoms with Gasteiger partial charge in [-0.1, -0.05) is 24.3 Å². The average Bonchev–Trinajstić information content (AvgIpc) is 2.76. The number of amides is 2. The number of anilines is 2. The molecule has 5 nitrogen and oxygen atoms in total. The Hall–Kier alpha value is -3.12. The van der Waals surface area contributed by atoms with Gasteiger partial charge in [0.15, 0.2) is 0 Å². The van der Waals surface area contributed by atoms with Crippen molar-refractivity contribution in [2.24, 2.45) is 0 Å². The quantitative estimate of drug-likeness (QED) is 0.480. The van der Waals surface area contributed by atoms with E-state index in [2.05, 4.69) is 21.2 Å². The van der Waals surface area contributed by atoms with E-state index in [-0.39, 0.29) is 11.8 Å². The molecule has 6 heteroatoms. The van der Waals surface area contributed by atoms with Gasteiger partial charge in [-0.15, -0.1) is 0 Å². The molecule has 0 aromatic heterocycles. The molecule has 0 unspecified atom stereocenters. The highest BCUT2D eigenvalue weighted by Gasteiger charge is 2.17. The first kappa shape index (κ1) is 21.6. The number of benzene rings is 3. The number of rotatable bonds is 7. The molecule has 154 valence electrons. The number of nitrogens with one attached hydrogen (secondary N) is 1. The minimum atomic E-state index is -0.265. The van der Waals surface area contributed by atoms with E-state index in [1.165, 1.54) is 0 Å². The monoisotopic (exact) mass is 466 g/mol. The number of hydrogen-bond donors (Lipinski definition) is 1. The van der Waals surface area contributed by atoms with Crippen LogP contribution >= 0.6 is 15.9 Å². The summed E-state index contributed by atoms with van der Waals surface area (Å²) in [6, 6.07) is 21.6. The van der Waals surface area contributed by atoms with Crippen LogP contribution in [0, 0.1) is 0 Å². The van der Waals surface area contributed by atoms with Crippen LogP contribution in [-0.2, 0) is 0 Å². The highest BCUT2D eigenvalue weighted by atomic mass is 79.9. The third-order valence-corrected chi connectivity index (χ3v) is 5.11. The van der Waals surface area contributed by atoms with Gasteiger partial charge in [0.2, 0.25) is 0 Å². The molecule has 0 fully saturated rings. The van der Waals surface area contributed by atoms with Crippen molar-refractivity contribution >= 4 is 39.1 Å². The summed E-state index contributed by atoms with van der Waals surface area (Å²) in [5.74, 6) is 0.296. The second-order valence-corrected chi connectivity index (χ2v) is 7.35. The van der Waals surface area contributed by atoms with Crippen LogP contribution in [0.2, 0.25) is 0 Å². The molecule has 0 saturated heterocycles. The molecule has 0 radical (unpaired) electrons. The summed E-state index contributed by atoms with van der Waals surface area (Å²) in [4.78, 5) is 27.4. The van der Waals surface area contributed by atoms with Crippen LogP contribution in [0.15, 0.2) is 77.3 Å². The smallest absolute Gasteiger partial charge is 0.258 e. The predicted octanol–water partition coefficient (Wildman–Crippen LogP) is 5.77. The standard InChI is InChI=1S/C24H23BrN2O3/c1-3-27(20-11-6-5-7-12-20)24(29)18-9-8-10-19(15-18)26-23(28)17-13-14-22(30-4-2)21(25)16-17/h5-16H,3-4H2,1-2H3,(H,26,28). The van der Waals surface area contributed by atoms with Gasteiger partial charge in [-0.3, -0.25) is 9.59 Å². The van der Waals surface area contributed by atoms with Gasteiger partial charge in [0.1, 0.15) is 5.75 Å². The fourth-order valence-corrected chi connectivity index (χ4v) is 3.55. The molecular formula is C24H23BrN2O3. The van der Waals surface area contributed by atoms with E-state index in [0.717, 1.165) is 5.69 Å². The van der Waals surface area contributed by atoms with E-state index in [0.29, 0.717) is 40.2 Å². The van der Waals surface area contributed by atoms with Crippen LogP contribution in [0.4, 0.5) is 11.4 Å². The Kier molecular flexibility index (Phi) is 7.25. The zero-order valence-electron chi connectivity index (χ0n) is 16.9. The Balaban J connectivity index is 1.77. The number of halogens is 1. The Morgan fingerprint density at radius 3 is 2.37 bits per heavy atom. The molecular weight excluding hydrogens is 444 g/mol. The lowest BCUT2D eigenvalue weighted by Gasteiger charge is -2.21. The topological polar surface area (TPSA) is 58.6 Å². The van der Waals surface area contributed by atoms with Crippen LogP contribution in [0.25, 0.3) is 0 Å². The minimum Gasteiger partial charge on any atom is -0.493 e. The van der Waals surface area contributed by atoms with Gasteiger partial charge >= 0.3 is 0 Å². The van der Waals surface area contributed by atoms with Crippen molar-refractivity contribution in [2.45, 2.75) is 13.8 Å². The van der Waals surface area contributed by atoms with Crippen molar-refractivity contribution in [2.75, 3.05) is 23.4 Å². The second kappa shape index (κ2) is 10.1. The van der Waals surface area contributed by atoms with E-state index in [1.54, 1.807) is 47.4 Å². The first-order valence-corrected chi connectivity index (χ1v) is 10.5. The van der Waals surface area contributed by atoms with Crippen molar-refractivity contribution in [3.63, 3.8) is 0 Å². The summed E-state index contributed by atoms with van der Waals surface area (Å²) in [6.07, 6.45) is 0. The van der Waals surface area contributed by atoms with Gasteiger partial charge in [0.05, 0.1) is 11.1 Å². The summed E-state index contributed by atoms with van der Waals surface area (Å²) in [7, 11) is 0. The normalized spacial score (nSPS) is 10.4. The van der Waals surface area contributed by atoms with Crippen molar-refractivity contribution in [1.29, 1.82) is 0 Å². The van der Waals surface area contributed by atoms with Gasteiger partial charge in [-0.25, -0.2) is 0 Å². The summed E-state index contributed by atoms with van der Waals surface area (Å²) in [5, 5.41) is 2.86. The van der Waals surface area contributed by atoms with Gasteiger partial charge in [0, 0.05) is 29.0 Å². The van der Waals surface area contributed by atoms with Gasteiger partial charge < -0.3 is 15.0 Å². The van der Waals surface area contributed by atoms with Crippen molar-refractivity contribution in [3.05, 3.63) is 88.4 Å². The number of nitrogens with zero attached hydrogens (tertiary/aromatic N) is 1. The predicted molar refractivity (Wildman–Crippen MR) is 123 cm³/mol. The minimum absolute atomic E-state index is 0.122. The Labute approximate surface area is 184 Å². The third kappa shape index (κ3) is 5.07. The Morgan fingerprint density at radius 1 is 0.933 bits per heavy atom. The molecule has 0 bridgehead atoms. The molecule has 0 saturated carbocycles. The first-order valence-electron chi connectivity index (χ1n) is 9.74. The van der Waals surface area contributed by atoms with Crippen LogP contribution < -0.4 is 15.0 Å². The molecule has 3 aromatic rings. The third-order valence-electron chi connectivity index (χ3n) is 4.49. The summed E-state index contributed by atoms with van der Waals surface area (Å²) < 4.78 is 6.19. The first-order chi connectivity index (χ1) is 14.5. The molecule has 3 rings (SSSR count). The lowest BCUT2D eigenvalue weighted by Crippen LogP contribution is -2.30. The van der Waals surface area contributed by atoms with E-state index in [1.807, 2.05) is 44.2 Å². The fourth-order valence-electron chi connectivity index (χ4n) is 3.06. The zero-order valence-corrected chi connectivity index (χ0v) is 18.5. The average molecular weight is 467 g/mol. The Morgan fingerprint density at radius 2 is 1.70 bits per heavy atom. The zero-order chi connectivity index (χ0) is 21.5. The Bertz CT molecular complexity index is 1040. The SMILES string of the molecule is CCOc1ccc(C(=O)Nc2cccc(C(=O)N(CC)c3ccccc3)c2)cc1Br. The molecule has 0 spiro atoms. The van der Waals surface area contributed by atoms with E-state index in [4.69, 9.17) is 4.74 Å². The molecule has 0 aliphatic heterocycles. The summed E-state index contributed by atoms with van der Waals surface area (Å²) >= 11 is 3.42. The van der Waals surface area contributed by atoms with Crippen LogP contribution in [0.3, 0.4) is 0 Å². The van der Waals surface area contributed by atoms with Gasteiger partial charge in [0.25, 0.3) is 11.8 Å². The van der Waals surface area contributed by atoms with Crippen molar-refractivity contribution in [1.82, 2.24) is 0 Å². The maximum atomic E-state index is 13.0. The van der Waals surface area contributed by atoms with Gasteiger partial charge in [-0.05, 0) is 78.3 Å². The maximum Gasteiger partial charge on any atom is 0.258 e. The van der Waals surface area contributed by atoms with Crippen molar-refractivity contribution in [3.8, 4) is 5.75 Å². The van der Waals surface area contributed by atoms with E-state index in [9.17, 15) is 9.59 Å². The molecule has 1 N–H and O–H groups in total. The number of hydrogen-bond acceptors (Lipinski definition) is 3. The van der Waals surface area contributed by atoms with Crippen LogP contribution in [-0.4, -0.2) is 25.0 Å². The number of carbonyl (C=O) groups excluding carboxylic acids is 2. The molecule has 0 atom stereocenters. The molecule has 0 heterocycles. The molecule has 3 aromatic carbocycles. The second-order valence-electron chi connectivity index (χ2n) is 6.50. The fraction of sp³-hybridized carbons (Fsp3) is 0.167. The maximum absolute atomic E-state index is 13.0. The van der Waals surface area contributed by atoms with E-state index >= 15 is 0 Å². The van der Waals surface area contributed by atoms with E-state index < -0.39 is 0 Å². The largest absolute Gasteiger partial charge is 0.493 e. The summed E-state index contributed by atoms with van der Waals surface area (Å²) in [6.45, 7) is 4.92. The number of carbonyl (C=O) groups is 2. The highest BCUT2D eigenvalue weighted by Crippen LogP contribution is 2.26.